The van der Waals surface area contributed by atoms with Gasteiger partial charge in [0.1, 0.15) is 0 Å². The van der Waals surface area contributed by atoms with Crippen LogP contribution in [0.15, 0.2) is 22.0 Å². The summed E-state index contributed by atoms with van der Waals surface area (Å²) in [6.45, 7) is 0.0338. The number of rotatable bonds is 3. The van der Waals surface area contributed by atoms with Gasteiger partial charge >= 0.3 is 0 Å². The summed E-state index contributed by atoms with van der Waals surface area (Å²) in [6, 6.07) is 3.86. The molecule has 0 atom stereocenters. The lowest BCUT2D eigenvalue weighted by molar-refractivity contribution is 0.274. The van der Waals surface area contributed by atoms with Gasteiger partial charge in [-0.2, -0.15) is 4.98 Å². The molecule has 0 saturated heterocycles. The van der Waals surface area contributed by atoms with Gasteiger partial charge in [0, 0.05) is 0 Å². The number of aliphatic hydroxyl groups excluding tert-OH is 1. The van der Waals surface area contributed by atoms with Crippen LogP contribution in [0, 0.1) is 0 Å². The van der Waals surface area contributed by atoms with Gasteiger partial charge in [0.25, 0.3) is 0 Å². The summed E-state index contributed by atoms with van der Waals surface area (Å²) >= 11 is 1.56. The molecule has 2 aromatic heterocycles. The predicted molar refractivity (Wildman–Crippen MR) is 48.4 cm³/mol. The third kappa shape index (κ3) is 1.76. The molecule has 0 aliphatic carbocycles. The zero-order valence-corrected chi connectivity index (χ0v) is 7.62. The second kappa shape index (κ2) is 3.68. The van der Waals surface area contributed by atoms with Crippen molar-refractivity contribution in [3.63, 3.8) is 0 Å². The minimum Gasteiger partial charge on any atom is -0.396 e. The van der Waals surface area contributed by atoms with Crippen molar-refractivity contribution in [2.45, 2.75) is 6.42 Å². The average molecular weight is 196 g/mol. The van der Waals surface area contributed by atoms with Crippen LogP contribution in [-0.2, 0) is 6.42 Å². The Balaban J connectivity index is 2.23. The fourth-order valence-electron chi connectivity index (χ4n) is 0.958. The van der Waals surface area contributed by atoms with Gasteiger partial charge in [0.05, 0.1) is 17.9 Å². The summed E-state index contributed by atoms with van der Waals surface area (Å²) < 4.78 is 4.91. The molecule has 0 saturated carbocycles. The minimum atomic E-state index is 0.0338. The molecule has 68 valence electrons. The summed E-state index contributed by atoms with van der Waals surface area (Å²) in [4.78, 5) is 5.09. The van der Waals surface area contributed by atoms with Gasteiger partial charge in [0.2, 0.25) is 11.7 Å². The Labute approximate surface area is 78.8 Å². The molecular weight excluding hydrogens is 188 g/mol. The summed E-state index contributed by atoms with van der Waals surface area (Å²) in [5, 5.41) is 14.4. The topological polar surface area (TPSA) is 59.2 Å². The number of hydrogen-bond acceptors (Lipinski definition) is 5. The molecule has 5 heteroatoms. The van der Waals surface area contributed by atoms with Crippen LogP contribution in [0.2, 0.25) is 0 Å². The SMILES string of the molecule is OCCc1nc(-c2cccs2)no1. The molecule has 0 fully saturated rings. The van der Waals surface area contributed by atoms with Crippen molar-refractivity contribution in [2.75, 3.05) is 6.61 Å². The number of nitrogens with zero attached hydrogens (tertiary/aromatic N) is 2. The van der Waals surface area contributed by atoms with E-state index in [9.17, 15) is 0 Å². The van der Waals surface area contributed by atoms with Crippen LogP contribution in [0.25, 0.3) is 10.7 Å². The highest BCUT2D eigenvalue weighted by Gasteiger charge is 2.07. The van der Waals surface area contributed by atoms with E-state index >= 15 is 0 Å². The van der Waals surface area contributed by atoms with Gasteiger partial charge in [-0.15, -0.1) is 11.3 Å². The lowest BCUT2D eigenvalue weighted by Gasteiger charge is -1.83. The quantitative estimate of drug-likeness (QED) is 0.804. The molecule has 0 aliphatic rings. The Hall–Kier alpha value is -1.20. The largest absolute Gasteiger partial charge is 0.396 e. The first-order valence-electron chi connectivity index (χ1n) is 3.87. The molecule has 0 aromatic carbocycles. The molecule has 2 aromatic rings. The first kappa shape index (κ1) is 8.40. The molecule has 0 bridgehead atoms. The van der Waals surface area contributed by atoms with Gasteiger partial charge in [-0.25, -0.2) is 0 Å². The van der Waals surface area contributed by atoms with E-state index in [1.807, 2.05) is 17.5 Å². The second-order valence-electron chi connectivity index (χ2n) is 2.46. The summed E-state index contributed by atoms with van der Waals surface area (Å²) in [7, 11) is 0. The zero-order chi connectivity index (χ0) is 9.10. The van der Waals surface area contributed by atoms with Crippen molar-refractivity contribution in [2.24, 2.45) is 0 Å². The Kier molecular flexibility index (Phi) is 2.37. The van der Waals surface area contributed by atoms with Crippen molar-refractivity contribution < 1.29 is 9.63 Å². The Morgan fingerprint density at radius 2 is 2.46 bits per heavy atom. The molecule has 4 nitrogen and oxygen atoms in total. The van der Waals surface area contributed by atoms with Crippen LogP contribution in [0.4, 0.5) is 0 Å². The van der Waals surface area contributed by atoms with E-state index in [0.717, 1.165) is 4.88 Å². The van der Waals surface area contributed by atoms with E-state index in [-0.39, 0.29) is 6.61 Å². The van der Waals surface area contributed by atoms with E-state index in [2.05, 4.69) is 10.1 Å². The summed E-state index contributed by atoms with van der Waals surface area (Å²) in [6.07, 6.45) is 0.415. The predicted octanol–water partition coefficient (Wildman–Crippen LogP) is 1.33. The molecule has 0 amide bonds. The van der Waals surface area contributed by atoms with E-state index < -0.39 is 0 Å². The fraction of sp³-hybridized carbons (Fsp3) is 0.250. The highest BCUT2D eigenvalue weighted by atomic mass is 32.1. The Morgan fingerprint density at radius 3 is 3.15 bits per heavy atom. The zero-order valence-electron chi connectivity index (χ0n) is 6.80. The summed E-state index contributed by atoms with van der Waals surface area (Å²) in [5.41, 5.74) is 0. The molecule has 2 rings (SSSR count). The average Bonchev–Trinajstić information content (AvgIpc) is 2.70. The first-order chi connectivity index (χ1) is 6.40. The maximum absolute atomic E-state index is 8.63. The van der Waals surface area contributed by atoms with E-state index in [4.69, 9.17) is 9.63 Å². The molecule has 0 spiro atoms. The Morgan fingerprint density at radius 1 is 1.54 bits per heavy atom. The van der Waals surface area contributed by atoms with E-state index in [0.29, 0.717) is 18.1 Å². The first-order valence-corrected chi connectivity index (χ1v) is 4.75. The molecule has 2 heterocycles. The normalized spacial score (nSPS) is 10.5. The van der Waals surface area contributed by atoms with Gasteiger partial charge in [0.15, 0.2) is 0 Å². The van der Waals surface area contributed by atoms with Crippen molar-refractivity contribution in [3.8, 4) is 10.7 Å². The van der Waals surface area contributed by atoms with Crippen LogP contribution >= 0.6 is 11.3 Å². The highest BCUT2D eigenvalue weighted by Crippen LogP contribution is 2.21. The number of aromatic nitrogens is 2. The van der Waals surface area contributed by atoms with E-state index in [1.54, 1.807) is 11.3 Å². The van der Waals surface area contributed by atoms with Gasteiger partial charge in [-0.3, -0.25) is 0 Å². The van der Waals surface area contributed by atoms with Gasteiger partial charge in [-0.05, 0) is 11.4 Å². The maximum Gasteiger partial charge on any atom is 0.229 e. The monoisotopic (exact) mass is 196 g/mol. The fourth-order valence-corrected chi connectivity index (χ4v) is 1.61. The smallest absolute Gasteiger partial charge is 0.229 e. The number of aliphatic hydroxyl groups is 1. The lowest BCUT2D eigenvalue weighted by Crippen LogP contribution is -1.89. The van der Waals surface area contributed by atoms with Crippen LogP contribution < -0.4 is 0 Å². The van der Waals surface area contributed by atoms with Crippen LogP contribution in [0.1, 0.15) is 5.89 Å². The van der Waals surface area contributed by atoms with E-state index in [1.165, 1.54) is 0 Å². The number of thiophene rings is 1. The number of hydrogen-bond donors (Lipinski definition) is 1. The minimum absolute atomic E-state index is 0.0338. The highest BCUT2D eigenvalue weighted by molar-refractivity contribution is 7.13. The summed E-state index contributed by atoms with van der Waals surface area (Å²) in [5.74, 6) is 1.07. The molecule has 0 unspecified atom stereocenters. The standard InChI is InChI=1S/C8H8N2O2S/c11-4-3-7-9-8(10-12-7)6-2-1-5-13-6/h1-2,5,11H,3-4H2. The third-order valence-corrected chi connectivity index (χ3v) is 2.40. The Bertz CT molecular complexity index is 369. The maximum atomic E-state index is 8.63. The van der Waals surface area contributed by atoms with Crippen LogP contribution in [0.3, 0.4) is 0 Å². The molecule has 1 N–H and O–H groups in total. The van der Waals surface area contributed by atoms with Gasteiger partial charge < -0.3 is 9.63 Å². The van der Waals surface area contributed by atoms with Crippen molar-refractivity contribution in [3.05, 3.63) is 23.4 Å². The lowest BCUT2D eigenvalue weighted by atomic mass is 10.4. The van der Waals surface area contributed by atoms with Crippen molar-refractivity contribution in [1.82, 2.24) is 10.1 Å². The molecule has 0 aliphatic heterocycles. The van der Waals surface area contributed by atoms with Crippen molar-refractivity contribution in [1.29, 1.82) is 0 Å². The molecular formula is C8H8N2O2S. The van der Waals surface area contributed by atoms with Crippen LogP contribution in [-0.4, -0.2) is 21.9 Å². The second-order valence-corrected chi connectivity index (χ2v) is 3.41. The third-order valence-electron chi connectivity index (χ3n) is 1.54. The molecule has 13 heavy (non-hydrogen) atoms. The van der Waals surface area contributed by atoms with Gasteiger partial charge in [-0.1, -0.05) is 11.2 Å². The molecule has 0 radical (unpaired) electrons. The van der Waals surface area contributed by atoms with Crippen LogP contribution in [0.5, 0.6) is 0 Å². The van der Waals surface area contributed by atoms with Crippen molar-refractivity contribution >= 4 is 11.3 Å².